The number of thiocarbonyl (C=S) groups is 1. The molecule has 1 aliphatic heterocycles. The fourth-order valence-electron chi connectivity index (χ4n) is 3.52. The first-order valence-electron chi connectivity index (χ1n) is 10.8. The highest BCUT2D eigenvalue weighted by Gasteiger charge is 2.32. The van der Waals surface area contributed by atoms with Gasteiger partial charge in [-0.25, -0.2) is 0 Å². The second kappa shape index (κ2) is 10.7. The Hall–Kier alpha value is -3.09. The molecule has 168 valence electrons. The van der Waals surface area contributed by atoms with Crippen LogP contribution in [0.15, 0.2) is 83.8 Å². The average molecular weight is 476 g/mol. The van der Waals surface area contributed by atoms with E-state index in [1.807, 2.05) is 98.8 Å². The van der Waals surface area contributed by atoms with Gasteiger partial charge in [0, 0.05) is 0 Å². The van der Waals surface area contributed by atoms with E-state index in [1.165, 1.54) is 11.8 Å². The van der Waals surface area contributed by atoms with E-state index in [1.54, 1.807) is 4.90 Å². The quantitative estimate of drug-likeness (QED) is 0.270. The molecule has 1 fully saturated rings. The van der Waals surface area contributed by atoms with Gasteiger partial charge in [-0.3, -0.25) is 9.69 Å². The summed E-state index contributed by atoms with van der Waals surface area (Å²) < 4.78 is 12.6. The van der Waals surface area contributed by atoms with Gasteiger partial charge < -0.3 is 9.47 Å². The molecule has 0 aromatic heterocycles. The summed E-state index contributed by atoms with van der Waals surface area (Å²) in [7, 11) is 0. The lowest BCUT2D eigenvalue weighted by molar-refractivity contribution is -0.122. The number of hydrogen-bond donors (Lipinski definition) is 0. The maximum Gasteiger partial charge on any atom is 0.266 e. The topological polar surface area (TPSA) is 38.8 Å². The van der Waals surface area contributed by atoms with Crippen molar-refractivity contribution in [3.63, 3.8) is 0 Å². The fraction of sp³-hybridized carbons (Fsp3) is 0.185. The highest BCUT2D eigenvalue weighted by Crippen LogP contribution is 2.36. The smallest absolute Gasteiger partial charge is 0.266 e. The van der Waals surface area contributed by atoms with Crippen LogP contribution < -0.4 is 9.47 Å². The second-order valence-corrected chi connectivity index (χ2v) is 9.24. The molecule has 1 saturated heterocycles. The van der Waals surface area contributed by atoms with Gasteiger partial charge in [0.05, 0.1) is 18.1 Å². The normalized spacial score (nSPS) is 15.7. The summed E-state index contributed by atoms with van der Waals surface area (Å²) in [5.41, 5.74) is 2.99. The van der Waals surface area contributed by atoms with E-state index in [0.29, 0.717) is 33.9 Å². The average Bonchev–Trinajstić information content (AvgIpc) is 3.09. The summed E-state index contributed by atoms with van der Waals surface area (Å²) in [6.07, 6.45) is 1.74. The van der Waals surface area contributed by atoms with Gasteiger partial charge in [0.25, 0.3) is 5.91 Å². The number of rotatable bonds is 8. The third-order valence-corrected chi connectivity index (χ3v) is 6.57. The number of amides is 1. The van der Waals surface area contributed by atoms with Crippen LogP contribution in [0.5, 0.6) is 11.5 Å². The number of thioether (sulfide) groups is 1. The van der Waals surface area contributed by atoms with Gasteiger partial charge in [-0.05, 0) is 48.7 Å². The lowest BCUT2D eigenvalue weighted by atomic mass is 10.1. The van der Waals surface area contributed by atoms with Crippen LogP contribution in [0.3, 0.4) is 0 Å². The highest BCUT2D eigenvalue weighted by atomic mass is 32.2. The minimum absolute atomic E-state index is 0.0789. The first-order chi connectivity index (χ1) is 16.0. The molecule has 0 unspecified atom stereocenters. The van der Waals surface area contributed by atoms with E-state index in [2.05, 4.69) is 0 Å². The van der Waals surface area contributed by atoms with Gasteiger partial charge in [0.1, 0.15) is 10.4 Å². The summed E-state index contributed by atoms with van der Waals surface area (Å²) >= 11 is 6.80. The first kappa shape index (κ1) is 23.1. The molecule has 3 aromatic carbocycles. The number of ether oxygens (including phenoxy) is 2. The van der Waals surface area contributed by atoms with Crippen molar-refractivity contribution in [1.82, 2.24) is 4.90 Å². The van der Waals surface area contributed by atoms with Gasteiger partial charge >= 0.3 is 0 Å². The van der Waals surface area contributed by atoms with Crippen molar-refractivity contribution in [2.45, 2.75) is 26.5 Å². The molecule has 4 nitrogen and oxygen atoms in total. The standard InChI is InChI=1S/C27H25NO3S2/c1-3-30-24-16-21(14-15-23(24)31-19(2)22-12-8-5-9-13-22)17-25-26(29)28(27(32)33-25)18-20-10-6-4-7-11-20/h4-17,19H,3,18H2,1-2H3/b25-17+/t19-/m0/s1. The molecule has 0 N–H and O–H groups in total. The number of carbonyl (C=O) groups is 1. The van der Waals surface area contributed by atoms with Crippen molar-refractivity contribution in [2.75, 3.05) is 6.61 Å². The zero-order chi connectivity index (χ0) is 23.2. The van der Waals surface area contributed by atoms with Crippen molar-refractivity contribution in [3.8, 4) is 11.5 Å². The van der Waals surface area contributed by atoms with E-state index >= 15 is 0 Å². The molecule has 0 radical (unpaired) electrons. The SMILES string of the molecule is CCOc1cc(/C=C2/SC(=S)N(Cc3ccccc3)C2=O)ccc1O[C@@H](C)c1ccccc1. The summed E-state index contributed by atoms with van der Waals surface area (Å²) in [6.45, 7) is 4.93. The van der Waals surface area contributed by atoms with Crippen molar-refractivity contribution in [2.24, 2.45) is 0 Å². The Morgan fingerprint density at radius 1 is 1.00 bits per heavy atom. The molecule has 1 heterocycles. The Labute approximate surface area is 204 Å². The van der Waals surface area contributed by atoms with Crippen LogP contribution in [0.1, 0.15) is 36.6 Å². The van der Waals surface area contributed by atoms with Crippen LogP contribution in [0, 0.1) is 0 Å². The maximum atomic E-state index is 13.0. The molecular formula is C27H25NO3S2. The van der Waals surface area contributed by atoms with Crippen molar-refractivity contribution in [1.29, 1.82) is 0 Å². The molecule has 1 aliphatic rings. The highest BCUT2D eigenvalue weighted by molar-refractivity contribution is 8.26. The Kier molecular flexibility index (Phi) is 7.47. The Morgan fingerprint density at radius 3 is 2.39 bits per heavy atom. The monoisotopic (exact) mass is 475 g/mol. The number of nitrogens with zero attached hydrogens (tertiary/aromatic N) is 1. The third kappa shape index (κ3) is 5.64. The summed E-state index contributed by atoms with van der Waals surface area (Å²) in [4.78, 5) is 15.2. The first-order valence-corrected chi connectivity index (χ1v) is 12.1. The summed E-state index contributed by atoms with van der Waals surface area (Å²) in [5.74, 6) is 1.24. The van der Waals surface area contributed by atoms with Crippen LogP contribution in [0.25, 0.3) is 6.08 Å². The van der Waals surface area contributed by atoms with Crippen molar-refractivity contribution >= 4 is 40.3 Å². The Bertz CT molecular complexity index is 1160. The summed E-state index contributed by atoms with van der Waals surface area (Å²) in [6, 6.07) is 25.6. The molecule has 3 aromatic rings. The van der Waals surface area contributed by atoms with Crippen LogP contribution in [0.4, 0.5) is 0 Å². The Morgan fingerprint density at radius 2 is 1.70 bits per heavy atom. The zero-order valence-electron chi connectivity index (χ0n) is 18.6. The lowest BCUT2D eigenvalue weighted by Gasteiger charge is -2.18. The second-order valence-electron chi connectivity index (χ2n) is 7.56. The predicted molar refractivity (Wildman–Crippen MR) is 138 cm³/mol. The van der Waals surface area contributed by atoms with Crippen LogP contribution in [0.2, 0.25) is 0 Å². The zero-order valence-corrected chi connectivity index (χ0v) is 20.2. The van der Waals surface area contributed by atoms with E-state index in [4.69, 9.17) is 21.7 Å². The molecule has 0 aliphatic carbocycles. The number of benzene rings is 3. The third-order valence-electron chi connectivity index (χ3n) is 5.20. The van der Waals surface area contributed by atoms with Crippen LogP contribution in [-0.4, -0.2) is 21.7 Å². The maximum absolute atomic E-state index is 13.0. The van der Waals surface area contributed by atoms with Crippen LogP contribution in [-0.2, 0) is 11.3 Å². The molecule has 4 rings (SSSR count). The predicted octanol–water partition coefficient (Wildman–Crippen LogP) is 6.63. The molecular weight excluding hydrogens is 450 g/mol. The van der Waals surface area contributed by atoms with E-state index in [-0.39, 0.29) is 12.0 Å². The molecule has 1 amide bonds. The van der Waals surface area contributed by atoms with Gasteiger partial charge in [-0.1, -0.05) is 90.7 Å². The van der Waals surface area contributed by atoms with Crippen LogP contribution >= 0.6 is 24.0 Å². The fourth-order valence-corrected chi connectivity index (χ4v) is 4.77. The Balaban J connectivity index is 1.53. The van der Waals surface area contributed by atoms with Gasteiger partial charge in [0.15, 0.2) is 11.5 Å². The largest absolute Gasteiger partial charge is 0.490 e. The minimum Gasteiger partial charge on any atom is -0.490 e. The molecule has 1 atom stereocenters. The van der Waals surface area contributed by atoms with E-state index < -0.39 is 0 Å². The minimum atomic E-state index is -0.120. The van der Waals surface area contributed by atoms with E-state index in [9.17, 15) is 4.79 Å². The van der Waals surface area contributed by atoms with Gasteiger partial charge in [-0.15, -0.1) is 0 Å². The summed E-state index contributed by atoms with van der Waals surface area (Å²) in [5, 5.41) is 0. The molecule has 0 saturated carbocycles. The molecule has 0 bridgehead atoms. The van der Waals surface area contributed by atoms with Gasteiger partial charge in [0.2, 0.25) is 0 Å². The van der Waals surface area contributed by atoms with Crippen molar-refractivity contribution < 1.29 is 14.3 Å². The number of carbonyl (C=O) groups excluding carboxylic acids is 1. The number of hydrogen-bond acceptors (Lipinski definition) is 5. The molecule has 6 heteroatoms. The van der Waals surface area contributed by atoms with Crippen molar-refractivity contribution in [3.05, 3.63) is 100 Å². The lowest BCUT2D eigenvalue weighted by Crippen LogP contribution is -2.27. The molecule has 0 spiro atoms. The van der Waals surface area contributed by atoms with Gasteiger partial charge in [-0.2, -0.15) is 0 Å². The molecule has 33 heavy (non-hydrogen) atoms. The van der Waals surface area contributed by atoms with E-state index in [0.717, 1.165) is 16.7 Å².